The molecule has 1 aliphatic rings. The molecule has 7 nitrogen and oxygen atoms in total. The van der Waals surface area contributed by atoms with Crippen molar-refractivity contribution in [2.75, 3.05) is 39.8 Å². The number of primary amides is 1. The van der Waals surface area contributed by atoms with Gasteiger partial charge in [0.05, 0.1) is 24.9 Å². The largest absolute Gasteiger partial charge is 0.374 e. The molecule has 2 heterocycles. The summed E-state index contributed by atoms with van der Waals surface area (Å²) in [7, 11) is 1.89. The highest BCUT2D eigenvalue weighted by Crippen LogP contribution is 2.15. The normalized spacial score (nSPS) is 20.1. The highest BCUT2D eigenvalue weighted by atomic mass is 16.5. The standard InChI is InChI=1S/C14H25N5O2/c1-10-13(11(2)17-16-10)8-19-4-5-21-12(7-19)6-18(3)9-14(15)20/h12H,4-9H2,1-3H3,(H2,15,20)(H,16,17)/t12-/m0/s1. The van der Waals surface area contributed by atoms with E-state index in [1.807, 2.05) is 25.8 Å². The number of nitrogens with zero attached hydrogens (tertiary/aromatic N) is 3. The maximum Gasteiger partial charge on any atom is 0.231 e. The van der Waals surface area contributed by atoms with Crippen LogP contribution in [0.5, 0.6) is 0 Å². The van der Waals surface area contributed by atoms with Gasteiger partial charge in [0.25, 0.3) is 0 Å². The van der Waals surface area contributed by atoms with Crippen molar-refractivity contribution in [1.82, 2.24) is 20.0 Å². The first-order valence-electron chi connectivity index (χ1n) is 7.27. The molecule has 21 heavy (non-hydrogen) atoms. The number of aromatic nitrogens is 2. The number of aromatic amines is 1. The molecule has 1 aliphatic heterocycles. The molecule has 1 atom stereocenters. The monoisotopic (exact) mass is 295 g/mol. The predicted octanol–water partition coefficient (Wildman–Crippen LogP) is -0.356. The fourth-order valence-corrected chi connectivity index (χ4v) is 2.74. The summed E-state index contributed by atoms with van der Waals surface area (Å²) in [5.41, 5.74) is 8.66. The summed E-state index contributed by atoms with van der Waals surface area (Å²) in [5.74, 6) is -0.310. The molecule has 1 saturated heterocycles. The summed E-state index contributed by atoms with van der Waals surface area (Å²) in [4.78, 5) is 15.2. The highest BCUT2D eigenvalue weighted by molar-refractivity contribution is 5.75. The lowest BCUT2D eigenvalue weighted by molar-refractivity contribution is -0.119. The SMILES string of the molecule is Cc1n[nH]c(C)c1CN1CCO[C@@H](CN(C)CC(N)=O)C1. The van der Waals surface area contributed by atoms with Crippen LogP contribution in [0, 0.1) is 13.8 Å². The summed E-state index contributed by atoms with van der Waals surface area (Å²) in [6, 6.07) is 0. The number of rotatable bonds is 6. The second-order valence-corrected chi connectivity index (χ2v) is 5.80. The maximum atomic E-state index is 10.9. The Bertz CT molecular complexity index is 468. The molecule has 3 N–H and O–H groups in total. The van der Waals surface area contributed by atoms with Crippen molar-refractivity contribution in [1.29, 1.82) is 0 Å². The second-order valence-electron chi connectivity index (χ2n) is 5.80. The summed E-state index contributed by atoms with van der Waals surface area (Å²) in [5, 5.41) is 7.26. The molecular formula is C14H25N5O2. The van der Waals surface area contributed by atoms with Gasteiger partial charge >= 0.3 is 0 Å². The van der Waals surface area contributed by atoms with Crippen molar-refractivity contribution < 1.29 is 9.53 Å². The zero-order valence-electron chi connectivity index (χ0n) is 13.1. The van der Waals surface area contributed by atoms with Gasteiger partial charge in [-0.2, -0.15) is 5.10 Å². The van der Waals surface area contributed by atoms with E-state index in [1.165, 1.54) is 5.56 Å². The van der Waals surface area contributed by atoms with Crippen LogP contribution in [0.2, 0.25) is 0 Å². The number of hydrogen-bond donors (Lipinski definition) is 2. The molecule has 1 aromatic rings. The average molecular weight is 295 g/mol. The van der Waals surface area contributed by atoms with Crippen molar-refractivity contribution in [3.8, 4) is 0 Å². The number of nitrogens with two attached hydrogens (primary N) is 1. The summed E-state index contributed by atoms with van der Waals surface area (Å²) >= 11 is 0. The number of H-pyrrole nitrogens is 1. The van der Waals surface area contributed by atoms with Crippen LogP contribution < -0.4 is 5.73 Å². The molecule has 118 valence electrons. The lowest BCUT2D eigenvalue weighted by atomic mass is 10.1. The van der Waals surface area contributed by atoms with Crippen LogP contribution in [0.3, 0.4) is 0 Å². The van der Waals surface area contributed by atoms with Gasteiger partial charge in [-0.15, -0.1) is 0 Å². The highest BCUT2D eigenvalue weighted by Gasteiger charge is 2.23. The molecule has 0 spiro atoms. The molecule has 1 fully saturated rings. The number of amides is 1. The van der Waals surface area contributed by atoms with E-state index in [0.29, 0.717) is 13.2 Å². The van der Waals surface area contributed by atoms with Gasteiger partial charge in [-0.3, -0.25) is 19.7 Å². The Kier molecular flexibility index (Phi) is 5.33. The summed E-state index contributed by atoms with van der Waals surface area (Å²) in [6.07, 6.45) is 0.107. The van der Waals surface area contributed by atoms with Gasteiger partial charge in [-0.1, -0.05) is 0 Å². The van der Waals surface area contributed by atoms with E-state index in [1.54, 1.807) is 0 Å². The Labute approximate surface area is 125 Å². The molecule has 2 rings (SSSR count). The van der Waals surface area contributed by atoms with Crippen LogP contribution in [-0.4, -0.2) is 71.8 Å². The third-order valence-corrected chi connectivity index (χ3v) is 3.83. The molecule has 0 saturated carbocycles. The molecule has 1 amide bonds. The molecule has 0 radical (unpaired) electrons. The van der Waals surface area contributed by atoms with Gasteiger partial charge in [0.1, 0.15) is 0 Å². The average Bonchev–Trinajstić information content (AvgIpc) is 2.70. The zero-order chi connectivity index (χ0) is 15.4. The third kappa shape index (κ3) is 4.52. The Morgan fingerprint density at radius 3 is 2.95 bits per heavy atom. The van der Waals surface area contributed by atoms with Gasteiger partial charge < -0.3 is 10.5 Å². The number of likely N-dealkylation sites (N-methyl/N-ethyl adjacent to an activating group) is 1. The van der Waals surface area contributed by atoms with Gasteiger partial charge in [0.15, 0.2) is 0 Å². The quantitative estimate of drug-likeness (QED) is 0.748. The Balaban J connectivity index is 1.87. The van der Waals surface area contributed by atoms with Crippen molar-refractivity contribution in [2.24, 2.45) is 5.73 Å². The maximum absolute atomic E-state index is 10.9. The minimum atomic E-state index is -0.310. The van der Waals surface area contributed by atoms with E-state index in [0.717, 1.165) is 31.0 Å². The van der Waals surface area contributed by atoms with E-state index in [4.69, 9.17) is 10.5 Å². The molecule has 0 aliphatic carbocycles. The van der Waals surface area contributed by atoms with E-state index in [9.17, 15) is 4.79 Å². The van der Waals surface area contributed by atoms with Crippen LogP contribution in [-0.2, 0) is 16.1 Å². The van der Waals surface area contributed by atoms with Crippen LogP contribution in [0.25, 0.3) is 0 Å². The first-order valence-corrected chi connectivity index (χ1v) is 7.27. The second kappa shape index (κ2) is 7.02. The number of carbonyl (C=O) groups excluding carboxylic acids is 1. The first-order chi connectivity index (χ1) is 9.95. The summed E-state index contributed by atoms with van der Waals surface area (Å²) in [6.45, 7) is 8.42. The van der Waals surface area contributed by atoms with Crippen molar-refractivity contribution in [3.63, 3.8) is 0 Å². The van der Waals surface area contributed by atoms with E-state index < -0.39 is 0 Å². The smallest absolute Gasteiger partial charge is 0.231 e. The Hall–Kier alpha value is -1.44. The zero-order valence-corrected chi connectivity index (χ0v) is 13.1. The van der Waals surface area contributed by atoms with E-state index in [-0.39, 0.29) is 18.6 Å². The molecule has 0 aromatic carbocycles. The summed E-state index contributed by atoms with van der Waals surface area (Å²) < 4.78 is 5.78. The lowest BCUT2D eigenvalue weighted by Gasteiger charge is -2.34. The number of morpholine rings is 1. The van der Waals surface area contributed by atoms with Crippen molar-refractivity contribution in [2.45, 2.75) is 26.5 Å². The van der Waals surface area contributed by atoms with Gasteiger partial charge in [0.2, 0.25) is 5.91 Å². The van der Waals surface area contributed by atoms with E-state index >= 15 is 0 Å². The van der Waals surface area contributed by atoms with Gasteiger partial charge in [-0.25, -0.2) is 0 Å². The molecule has 1 aromatic heterocycles. The molecule has 0 unspecified atom stereocenters. The van der Waals surface area contributed by atoms with Crippen molar-refractivity contribution >= 4 is 5.91 Å². The minimum Gasteiger partial charge on any atom is -0.374 e. The Morgan fingerprint density at radius 2 is 2.33 bits per heavy atom. The van der Waals surface area contributed by atoms with Gasteiger partial charge in [0, 0.05) is 37.4 Å². The van der Waals surface area contributed by atoms with Crippen LogP contribution >= 0.6 is 0 Å². The lowest BCUT2D eigenvalue weighted by Crippen LogP contribution is -2.47. The third-order valence-electron chi connectivity index (χ3n) is 3.83. The van der Waals surface area contributed by atoms with Crippen molar-refractivity contribution in [3.05, 3.63) is 17.0 Å². The predicted molar refractivity (Wildman–Crippen MR) is 79.8 cm³/mol. The topological polar surface area (TPSA) is 87.5 Å². The van der Waals surface area contributed by atoms with Crippen LogP contribution in [0.4, 0.5) is 0 Å². The molecular weight excluding hydrogens is 270 g/mol. The fourth-order valence-electron chi connectivity index (χ4n) is 2.74. The molecule has 0 bridgehead atoms. The fraction of sp³-hybridized carbons (Fsp3) is 0.714. The van der Waals surface area contributed by atoms with E-state index in [2.05, 4.69) is 15.1 Å². The van der Waals surface area contributed by atoms with Gasteiger partial charge in [-0.05, 0) is 20.9 Å². The molecule has 7 heteroatoms. The van der Waals surface area contributed by atoms with Crippen LogP contribution in [0.15, 0.2) is 0 Å². The Morgan fingerprint density at radius 1 is 1.57 bits per heavy atom. The number of carbonyl (C=O) groups is 1. The first kappa shape index (κ1) is 15.9. The number of hydrogen-bond acceptors (Lipinski definition) is 5. The van der Waals surface area contributed by atoms with Crippen LogP contribution in [0.1, 0.15) is 17.0 Å². The number of aryl methyl sites for hydroxylation is 2. The number of ether oxygens (including phenoxy) is 1. The number of nitrogens with one attached hydrogen (secondary N) is 1. The minimum absolute atomic E-state index is 0.107.